The van der Waals surface area contributed by atoms with E-state index in [1.165, 1.54) is 19.1 Å². The van der Waals surface area contributed by atoms with Crippen LogP contribution in [0.3, 0.4) is 0 Å². The summed E-state index contributed by atoms with van der Waals surface area (Å²) in [7, 11) is 0. The van der Waals surface area contributed by atoms with Crippen LogP contribution in [0, 0.1) is 3.57 Å². The molecule has 92 valence electrons. The summed E-state index contributed by atoms with van der Waals surface area (Å²) in [4.78, 5) is 20.0. The molecule has 1 aromatic rings. The Morgan fingerprint density at radius 1 is 1.29 bits per heavy atom. The number of aromatic hydroxyl groups is 1. The van der Waals surface area contributed by atoms with E-state index < -0.39 is 11.9 Å². The third-order valence-electron chi connectivity index (χ3n) is 1.55. The molecule has 0 heterocycles. The molecule has 0 radical (unpaired) electrons. The second-order valence-electron chi connectivity index (χ2n) is 3.05. The van der Waals surface area contributed by atoms with Crippen molar-refractivity contribution >= 4 is 34.5 Å². The van der Waals surface area contributed by atoms with Gasteiger partial charge in [0.2, 0.25) is 0 Å². The molecule has 0 aliphatic rings. The van der Waals surface area contributed by atoms with Crippen molar-refractivity contribution in [2.24, 2.45) is 0 Å². The number of hydrogen-bond acceptors (Lipinski definition) is 3. The first kappa shape index (κ1) is 15.4. The van der Waals surface area contributed by atoms with E-state index in [-0.39, 0.29) is 16.9 Å². The van der Waals surface area contributed by atoms with Crippen molar-refractivity contribution in [3.8, 4) is 5.75 Å². The van der Waals surface area contributed by atoms with Crippen molar-refractivity contribution in [3.63, 3.8) is 0 Å². The Hall–Kier alpha value is -1.57. The molecular formula is C11H11IO5. The molecule has 0 spiro atoms. The number of phenols is 1. The molecule has 1 rings (SSSR count). The molecule has 0 aliphatic carbocycles. The molecule has 0 amide bonds. The number of benzene rings is 1. The summed E-state index contributed by atoms with van der Waals surface area (Å²) < 4.78 is 0.790. The molecule has 0 saturated carbocycles. The fourth-order valence-corrected chi connectivity index (χ4v) is 1.17. The summed E-state index contributed by atoms with van der Waals surface area (Å²) in [5, 5.41) is 25.4. The molecule has 0 unspecified atom stereocenters. The van der Waals surface area contributed by atoms with Crippen molar-refractivity contribution in [2.75, 3.05) is 0 Å². The molecule has 17 heavy (non-hydrogen) atoms. The van der Waals surface area contributed by atoms with Crippen molar-refractivity contribution in [2.45, 2.75) is 6.92 Å². The number of carbonyl (C=O) groups is 2. The predicted octanol–water partition coefficient (Wildman–Crippen LogP) is 2.34. The van der Waals surface area contributed by atoms with Crippen LogP contribution in [0.4, 0.5) is 0 Å². The van der Waals surface area contributed by atoms with Gasteiger partial charge in [-0.05, 0) is 47.7 Å². The van der Waals surface area contributed by atoms with Gasteiger partial charge in [-0.25, -0.2) is 9.59 Å². The Morgan fingerprint density at radius 3 is 2.06 bits per heavy atom. The average molecular weight is 350 g/mol. The zero-order chi connectivity index (χ0) is 13.6. The minimum absolute atomic E-state index is 0.0584. The lowest BCUT2D eigenvalue weighted by Gasteiger charge is -1.98. The van der Waals surface area contributed by atoms with E-state index in [0.717, 1.165) is 3.57 Å². The molecule has 0 atom stereocenters. The van der Waals surface area contributed by atoms with Crippen LogP contribution < -0.4 is 0 Å². The zero-order valence-electron chi connectivity index (χ0n) is 8.98. The number of rotatable bonds is 2. The van der Waals surface area contributed by atoms with E-state index in [4.69, 9.17) is 15.3 Å². The number of carboxylic acid groups (broad SMARTS) is 2. The lowest BCUT2D eigenvalue weighted by atomic mass is 10.2. The van der Waals surface area contributed by atoms with Gasteiger partial charge in [-0.2, -0.15) is 0 Å². The minimum atomic E-state index is -1.11. The Labute approximate surface area is 112 Å². The molecular weight excluding hydrogens is 339 g/mol. The summed E-state index contributed by atoms with van der Waals surface area (Å²) in [6, 6.07) is 4.42. The maximum atomic E-state index is 10.4. The highest BCUT2D eigenvalue weighted by Gasteiger charge is 2.08. The largest absolute Gasteiger partial charge is 0.507 e. The molecule has 0 aliphatic heterocycles. The summed E-state index contributed by atoms with van der Waals surface area (Å²) in [6.07, 6.45) is 0. The summed E-state index contributed by atoms with van der Waals surface area (Å²) in [5.74, 6) is -2.24. The van der Waals surface area contributed by atoms with E-state index in [1.54, 1.807) is 6.07 Å². The van der Waals surface area contributed by atoms with Crippen LogP contribution in [0.2, 0.25) is 0 Å². The number of aromatic carboxylic acids is 1. The number of hydrogen-bond donors (Lipinski definition) is 3. The third kappa shape index (κ3) is 5.91. The smallest absolute Gasteiger partial charge is 0.339 e. The van der Waals surface area contributed by atoms with E-state index >= 15 is 0 Å². The van der Waals surface area contributed by atoms with Gasteiger partial charge < -0.3 is 15.3 Å². The van der Waals surface area contributed by atoms with Gasteiger partial charge >= 0.3 is 11.9 Å². The number of halogens is 1. The van der Waals surface area contributed by atoms with Crippen LogP contribution in [-0.2, 0) is 4.79 Å². The number of carboxylic acids is 2. The standard InChI is InChI=1S/C7H5IO3.C4H6O2/c8-4-1-2-6(9)5(3-4)7(10)11;1-3(2)4(5)6/h1-3,9H,(H,10,11);1H2,2H3,(H,5,6). The maximum absolute atomic E-state index is 10.4. The van der Waals surface area contributed by atoms with E-state index in [1.807, 2.05) is 22.6 Å². The topological polar surface area (TPSA) is 94.8 Å². The Bertz CT molecular complexity index is 441. The molecule has 0 bridgehead atoms. The van der Waals surface area contributed by atoms with Gasteiger partial charge in [0, 0.05) is 9.14 Å². The molecule has 3 N–H and O–H groups in total. The van der Waals surface area contributed by atoms with E-state index in [2.05, 4.69) is 6.58 Å². The van der Waals surface area contributed by atoms with Gasteiger partial charge in [0.05, 0.1) is 0 Å². The maximum Gasteiger partial charge on any atom is 0.339 e. The molecule has 6 heteroatoms. The summed E-state index contributed by atoms with van der Waals surface area (Å²) in [6.45, 7) is 4.60. The first-order chi connectivity index (χ1) is 7.75. The molecule has 5 nitrogen and oxygen atoms in total. The summed E-state index contributed by atoms with van der Waals surface area (Å²) >= 11 is 1.98. The lowest BCUT2D eigenvalue weighted by molar-refractivity contribution is -0.132. The third-order valence-corrected chi connectivity index (χ3v) is 2.23. The predicted molar refractivity (Wildman–Crippen MR) is 70.2 cm³/mol. The van der Waals surface area contributed by atoms with Crippen LogP contribution in [0.5, 0.6) is 5.75 Å². The highest BCUT2D eigenvalue weighted by Crippen LogP contribution is 2.18. The second kappa shape index (κ2) is 6.89. The highest BCUT2D eigenvalue weighted by atomic mass is 127. The SMILES string of the molecule is C=C(C)C(=O)O.O=C(O)c1cc(I)ccc1O. The number of aliphatic carboxylic acids is 1. The van der Waals surface area contributed by atoms with Gasteiger partial charge in [0.1, 0.15) is 11.3 Å². The van der Waals surface area contributed by atoms with Crippen LogP contribution >= 0.6 is 22.6 Å². The second-order valence-corrected chi connectivity index (χ2v) is 4.30. The first-order valence-electron chi connectivity index (χ1n) is 4.36. The van der Waals surface area contributed by atoms with Gasteiger partial charge in [-0.15, -0.1) is 0 Å². The van der Waals surface area contributed by atoms with Gasteiger partial charge in [-0.1, -0.05) is 6.58 Å². The van der Waals surface area contributed by atoms with Crippen LogP contribution in [0.25, 0.3) is 0 Å². The van der Waals surface area contributed by atoms with Crippen molar-refractivity contribution in [3.05, 3.63) is 39.5 Å². The molecule has 0 aromatic heterocycles. The average Bonchev–Trinajstić information content (AvgIpc) is 2.22. The molecule has 0 saturated heterocycles. The van der Waals surface area contributed by atoms with Crippen LogP contribution in [0.1, 0.15) is 17.3 Å². The van der Waals surface area contributed by atoms with Crippen molar-refractivity contribution in [1.29, 1.82) is 0 Å². The fourth-order valence-electron chi connectivity index (χ4n) is 0.680. The van der Waals surface area contributed by atoms with Crippen LogP contribution in [-0.4, -0.2) is 27.3 Å². The lowest BCUT2D eigenvalue weighted by Crippen LogP contribution is -1.96. The Kier molecular flexibility index (Phi) is 6.26. The van der Waals surface area contributed by atoms with E-state index in [0.29, 0.717) is 0 Å². The first-order valence-corrected chi connectivity index (χ1v) is 5.44. The highest BCUT2D eigenvalue weighted by molar-refractivity contribution is 14.1. The summed E-state index contributed by atoms with van der Waals surface area (Å²) in [5.41, 5.74) is 0.118. The Morgan fingerprint density at radius 2 is 1.76 bits per heavy atom. The van der Waals surface area contributed by atoms with Crippen molar-refractivity contribution < 1.29 is 24.9 Å². The van der Waals surface area contributed by atoms with Crippen molar-refractivity contribution in [1.82, 2.24) is 0 Å². The van der Waals surface area contributed by atoms with Gasteiger partial charge in [0.25, 0.3) is 0 Å². The minimum Gasteiger partial charge on any atom is -0.507 e. The fraction of sp³-hybridized carbons (Fsp3) is 0.0909. The van der Waals surface area contributed by atoms with Gasteiger partial charge in [-0.3, -0.25) is 0 Å². The monoisotopic (exact) mass is 350 g/mol. The quantitative estimate of drug-likeness (QED) is 0.562. The Balaban J connectivity index is 0.000000366. The normalized spacial score (nSPS) is 8.82. The van der Waals surface area contributed by atoms with Crippen LogP contribution in [0.15, 0.2) is 30.4 Å². The van der Waals surface area contributed by atoms with E-state index in [9.17, 15) is 9.59 Å². The van der Waals surface area contributed by atoms with Gasteiger partial charge in [0.15, 0.2) is 0 Å². The molecule has 0 fully saturated rings. The zero-order valence-corrected chi connectivity index (χ0v) is 11.1. The molecule has 1 aromatic carbocycles.